The van der Waals surface area contributed by atoms with Gasteiger partial charge < -0.3 is 10.0 Å². The van der Waals surface area contributed by atoms with Crippen molar-refractivity contribution >= 4 is 21.9 Å². The molecule has 0 saturated carbocycles. The first kappa shape index (κ1) is 14.3. The number of hydrogen-bond acceptors (Lipinski definition) is 4. The molecule has 1 unspecified atom stereocenters. The summed E-state index contributed by atoms with van der Waals surface area (Å²) in [6.07, 6.45) is 1.81. The largest absolute Gasteiger partial charge is 0.480 e. The molecule has 1 N–H and O–H groups in total. The van der Waals surface area contributed by atoms with Gasteiger partial charge in [0.05, 0.1) is 5.75 Å². The molecule has 19 heavy (non-hydrogen) atoms. The van der Waals surface area contributed by atoms with E-state index in [4.69, 9.17) is 5.11 Å². The first-order chi connectivity index (χ1) is 8.92. The van der Waals surface area contributed by atoms with Gasteiger partial charge in [-0.25, -0.2) is 17.5 Å². The Morgan fingerprint density at radius 2 is 1.95 bits per heavy atom. The van der Waals surface area contributed by atoms with Crippen LogP contribution in [0.5, 0.6) is 0 Å². The lowest BCUT2D eigenvalue weighted by molar-refractivity contribution is -0.148. The van der Waals surface area contributed by atoms with Gasteiger partial charge in [-0.3, -0.25) is 4.79 Å². The first-order valence-corrected chi connectivity index (χ1v) is 8.03. The van der Waals surface area contributed by atoms with E-state index in [1.807, 2.05) is 0 Å². The van der Waals surface area contributed by atoms with Gasteiger partial charge in [0.2, 0.25) is 15.9 Å². The third kappa shape index (κ3) is 3.06. The number of amides is 1. The Labute approximate surface area is 112 Å². The van der Waals surface area contributed by atoms with Crippen LogP contribution in [0.4, 0.5) is 0 Å². The van der Waals surface area contributed by atoms with Gasteiger partial charge in [-0.1, -0.05) is 0 Å². The van der Waals surface area contributed by atoms with E-state index < -0.39 is 22.0 Å². The van der Waals surface area contributed by atoms with Crippen LogP contribution in [0.1, 0.15) is 25.7 Å². The maximum atomic E-state index is 12.0. The molecule has 0 aromatic carbocycles. The quantitative estimate of drug-likeness (QED) is 0.752. The fourth-order valence-electron chi connectivity index (χ4n) is 2.63. The molecule has 2 rings (SSSR count). The van der Waals surface area contributed by atoms with Crippen molar-refractivity contribution in [2.75, 3.05) is 25.4 Å². The van der Waals surface area contributed by atoms with Crippen LogP contribution in [0.25, 0.3) is 0 Å². The van der Waals surface area contributed by atoms with Gasteiger partial charge in [0.1, 0.15) is 6.04 Å². The van der Waals surface area contributed by atoms with Crippen molar-refractivity contribution in [1.82, 2.24) is 9.21 Å². The van der Waals surface area contributed by atoms with Gasteiger partial charge in [-0.15, -0.1) is 0 Å². The van der Waals surface area contributed by atoms with Crippen LogP contribution in [-0.4, -0.2) is 66.0 Å². The summed E-state index contributed by atoms with van der Waals surface area (Å²) in [5.74, 6) is -1.12. The molecule has 0 bridgehead atoms. The van der Waals surface area contributed by atoms with Crippen LogP contribution in [0.15, 0.2) is 0 Å². The Kier molecular flexibility index (Phi) is 4.10. The monoisotopic (exact) mass is 290 g/mol. The van der Waals surface area contributed by atoms with Gasteiger partial charge in [0, 0.05) is 26.1 Å². The van der Waals surface area contributed by atoms with Gasteiger partial charge >= 0.3 is 5.97 Å². The van der Waals surface area contributed by atoms with E-state index in [9.17, 15) is 18.0 Å². The number of likely N-dealkylation sites (tertiary alicyclic amines) is 1. The van der Waals surface area contributed by atoms with E-state index in [1.54, 1.807) is 0 Å². The molecule has 2 aliphatic heterocycles. The van der Waals surface area contributed by atoms with E-state index in [2.05, 4.69) is 0 Å². The number of rotatable bonds is 4. The lowest BCUT2D eigenvalue weighted by Crippen LogP contribution is -2.41. The zero-order valence-electron chi connectivity index (χ0n) is 10.6. The molecule has 7 nitrogen and oxygen atoms in total. The Balaban J connectivity index is 1.89. The molecule has 1 amide bonds. The van der Waals surface area contributed by atoms with Crippen molar-refractivity contribution < 1.29 is 23.1 Å². The maximum Gasteiger partial charge on any atom is 0.326 e. The van der Waals surface area contributed by atoms with Crippen LogP contribution in [0, 0.1) is 0 Å². The second-order valence-corrected chi connectivity index (χ2v) is 6.99. The van der Waals surface area contributed by atoms with Gasteiger partial charge in [-0.05, 0) is 19.3 Å². The normalized spacial score (nSPS) is 26.7. The molecule has 0 aromatic heterocycles. The number of aliphatic carboxylic acids is 1. The second-order valence-electron chi connectivity index (χ2n) is 4.90. The minimum absolute atomic E-state index is 0.0585. The lowest BCUT2D eigenvalue weighted by Gasteiger charge is -2.22. The second kappa shape index (κ2) is 5.46. The predicted molar refractivity (Wildman–Crippen MR) is 67.0 cm³/mol. The SMILES string of the molecule is O=C(O)C1CCCN1C(=O)CCN1CCCS1(=O)=O. The highest BCUT2D eigenvalue weighted by Gasteiger charge is 2.35. The number of hydrogen-bond donors (Lipinski definition) is 1. The van der Waals surface area contributed by atoms with Gasteiger partial charge in [0.15, 0.2) is 0 Å². The van der Waals surface area contributed by atoms with E-state index in [1.165, 1.54) is 9.21 Å². The molecule has 2 saturated heterocycles. The molecule has 2 heterocycles. The van der Waals surface area contributed by atoms with E-state index in [0.717, 1.165) is 0 Å². The molecule has 0 aromatic rings. The predicted octanol–water partition coefficient (Wildman–Crippen LogP) is -0.512. The summed E-state index contributed by atoms with van der Waals surface area (Å²) in [5, 5.41) is 9.00. The average Bonchev–Trinajstić information content (AvgIpc) is 2.92. The number of sulfonamides is 1. The van der Waals surface area contributed by atoms with Crippen molar-refractivity contribution in [3.8, 4) is 0 Å². The standard InChI is InChI=1S/C11H18N2O5S/c14-10(13-6-1-3-9(13)11(15)16)4-7-12-5-2-8-19(12,17)18/h9H,1-8H2,(H,15,16). The van der Waals surface area contributed by atoms with Gasteiger partial charge in [-0.2, -0.15) is 0 Å². The Bertz CT molecular complexity index is 475. The van der Waals surface area contributed by atoms with Crippen LogP contribution in [-0.2, 0) is 19.6 Å². The summed E-state index contributed by atoms with van der Waals surface area (Å²) in [4.78, 5) is 24.3. The summed E-state index contributed by atoms with van der Waals surface area (Å²) in [7, 11) is -3.19. The molecule has 2 fully saturated rings. The highest BCUT2D eigenvalue weighted by atomic mass is 32.2. The minimum Gasteiger partial charge on any atom is -0.480 e. The Hall–Kier alpha value is -1.15. The molecule has 0 spiro atoms. The maximum absolute atomic E-state index is 12.0. The van der Waals surface area contributed by atoms with Crippen LogP contribution < -0.4 is 0 Å². The molecule has 8 heteroatoms. The summed E-state index contributed by atoms with van der Waals surface area (Å²) in [5.41, 5.74) is 0. The number of carboxylic acid groups (broad SMARTS) is 1. The Morgan fingerprint density at radius 3 is 2.53 bits per heavy atom. The van der Waals surface area contributed by atoms with Crippen LogP contribution in [0.2, 0.25) is 0 Å². The summed E-state index contributed by atoms with van der Waals surface area (Å²) in [6.45, 7) is 1.06. The minimum atomic E-state index is -3.19. The zero-order valence-corrected chi connectivity index (χ0v) is 11.4. The molecule has 0 aliphatic carbocycles. The average molecular weight is 290 g/mol. The topological polar surface area (TPSA) is 95.0 Å². The van der Waals surface area contributed by atoms with Crippen LogP contribution in [0.3, 0.4) is 0 Å². The number of carboxylic acids is 1. The highest BCUT2D eigenvalue weighted by Crippen LogP contribution is 2.19. The number of carbonyl (C=O) groups excluding carboxylic acids is 1. The van der Waals surface area contributed by atoms with Crippen molar-refractivity contribution in [1.29, 1.82) is 0 Å². The Morgan fingerprint density at radius 1 is 1.21 bits per heavy atom. The van der Waals surface area contributed by atoms with Crippen molar-refractivity contribution in [2.45, 2.75) is 31.7 Å². The smallest absolute Gasteiger partial charge is 0.326 e. The molecular weight excluding hydrogens is 272 g/mol. The fraction of sp³-hybridized carbons (Fsp3) is 0.818. The molecular formula is C11H18N2O5S. The first-order valence-electron chi connectivity index (χ1n) is 6.42. The molecule has 108 valence electrons. The molecule has 0 radical (unpaired) electrons. The highest BCUT2D eigenvalue weighted by molar-refractivity contribution is 7.89. The third-order valence-electron chi connectivity index (χ3n) is 3.64. The molecule has 2 aliphatic rings. The van der Waals surface area contributed by atoms with E-state index in [0.29, 0.717) is 32.4 Å². The fourth-order valence-corrected chi connectivity index (χ4v) is 4.16. The van der Waals surface area contributed by atoms with Crippen LogP contribution >= 0.6 is 0 Å². The molecule has 1 atom stereocenters. The number of nitrogens with zero attached hydrogens (tertiary/aromatic N) is 2. The number of carbonyl (C=O) groups is 2. The lowest BCUT2D eigenvalue weighted by atomic mass is 10.2. The van der Waals surface area contributed by atoms with Crippen molar-refractivity contribution in [3.63, 3.8) is 0 Å². The summed E-state index contributed by atoms with van der Waals surface area (Å²) < 4.78 is 24.5. The van der Waals surface area contributed by atoms with Crippen molar-refractivity contribution in [2.24, 2.45) is 0 Å². The third-order valence-corrected chi connectivity index (χ3v) is 5.59. The zero-order chi connectivity index (χ0) is 14.0. The summed E-state index contributed by atoms with van der Waals surface area (Å²) >= 11 is 0. The van der Waals surface area contributed by atoms with Crippen molar-refractivity contribution in [3.05, 3.63) is 0 Å². The summed E-state index contributed by atoms with van der Waals surface area (Å²) in [6, 6.07) is -0.748. The van der Waals surface area contributed by atoms with Gasteiger partial charge in [0.25, 0.3) is 0 Å². The van der Waals surface area contributed by atoms with E-state index >= 15 is 0 Å². The van der Waals surface area contributed by atoms with E-state index in [-0.39, 0.29) is 24.6 Å².